The van der Waals surface area contributed by atoms with Crippen LogP contribution in [0.4, 0.5) is 4.79 Å². The number of rotatable bonds is 6. The second kappa shape index (κ2) is 7.94. The third-order valence-corrected chi connectivity index (χ3v) is 3.69. The van der Waals surface area contributed by atoms with Crippen molar-refractivity contribution in [3.8, 4) is 11.4 Å². The van der Waals surface area contributed by atoms with Crippen molar-refractivity contribution in [2.24, 2.45) is 5.92 Å². The number of carbonyl (C=O) groups is 1. The van der Waals surface area contributed by atoms with Gasteiger partial charge in [-0.05, 0) is 25.0 Å². The number of hydrogen-bond acceptors (Lipinski definition) is 5. The SMILES string of the molecule is CC(CO)C(C)NC(=O)NCc1nc(-c2cccc(Cl)c2)no1. The highest BCUT2D eigenvalue weighted by molar-refractivity contribution is 6.30. The molecule has 0 aliphatic rings. The lowest BCUT2D eigenvalue weighted by Gasteiger charge is -2.19. The molecule has 124 valence electrons. The Hall–Kier alpha value is -2.12. The van der Waals surface area contributed by atoms with E-state index in [-0.39, 0.29) is 37.0 Å². The molecule has 3 N–H and O–H groups in total. The molecule has 1 aromatic heterocycles. The number of nitrogens with zero attached hydrogens (tertiary/aromatic N) is 2. The lowest BCUT2D eigenvalue weighted by atomic mass is 10.1. The van der Waals surface area contributed by atoms with Gasteiger partial charge in [-0.15, -0.1) is 0 Å². The molecule has 2 atom stereocenters. The highest BCUT2D eigenvalue weighted by Crippen LogP contribution is 2.19. The summed E-state index contributed by atoms with van der Waals surface area (Å²) in [6, 6.07) is 6.59. The summed E-state index contributed by atoms with van der Waals surface area (Å²) in [7, 11) is 0. The van der Waals surface area contributed by atoms with Gasteiger partial charge < -0.3 is 20.3 Å². The maximum atomic E-state index is 11.8. The van der Waals surface area contributed by atoms with E-state index in [1.807, 2.05) is 19.9 Å². The molecule has 23 heavy (non-hydrogen) atoms. The summed E-state index contributed by atoms with van der Waals surface area (Å²) >= 11 is 5.92. The third kappa shape index (κ3) is 4.94. The van der Waals surface area contributed by atoms with E-state index in [2.05, 4.69) is 20.8 Å². The molecule has 2 rings (SSSR count). The summed E-state index contributed by atoms with van der Waals surface area (Å²) < 4.78 is 5.10. The van der Waals surface area contributed by atoms with Crippen LogP contribution in [0, 0.1) is 5.92 Å². The minimum Gasteiger partial charge on any atom is -0.396 e. The Kier molecular flexibility index (Phi) is 5.95. The van der Waals surface area contributed by atoms with Crippen LogP contribution in [0.15, 0.2) is 28.8 Å². The van der Waals surface area contributed by atoms with Gasteiger partial charge in [-0.1, -0.05) is 35.8 Å². The number of carbonyl (C=O) groups excluding carboxylic acids is 1. The second-order valence-electron chi connectivity index (χ2n) is 5.30. The minimum atomic E-state index is -0.361. The minimum absolute atomic E-state index is 0.00804. The largest absolute Gasteiger partial charge is 0.396 e. The average molecular weight is 339 g/mol. The van der Waals surface area contributed by atoms with Crippen molar-refractivity contribution in [1.29, 1.82) is 0 Å². The molecule has 0 aliphatic carbocycles. The van der Waals surface area contributed by atoms with Gasteiger partial charge >= 0.3 is 6.03 Å². The van der Waals surface area contributed by atoms with Gasteiger partial charge in [0.2, 0.25) is 11.7 Å². The van der Waals surface area contributed by atoms with Crippen molar-refractivity contribution in [3.05, 3.63) is 35.2 Å². The first kappa shape index (κ1) is 17.2. The van der Waals surface area contributed by atoms with Gasteiger partial charge in [-0.3, -0.25) is 0 Å². The lowest BCUT2D eigenvalue weighted by molar-refractivity contribution is 0.199. The number of aliphatic hydroxyl groups excluding tert-OH is 1. The number of aliphatic hydroxyl groups is 1. The zero-order chi connectivity index (χ0) is 16.8. The number of hydrogen-bond donors (Lipinski definition) is 3. The van der Waals surface area contributed by atoms with Crippen LogP contribution in [-0.2, 0) is 6.54 Å². The molecule has 2 aromatic rings. The molecule has 0 spiro atoms. The Labute approximate surface area is 139 Å². The average Bonchev–Trinajstić information content (AvgIpc) is 3.01. The monoisotopic (exact) mass is 338 g/mol. The molecule has 1 aromatic carbocycles. The van der Waals surface area contributed by atoms with Gasteiger partial charge in [0.15, 0.2) is 0 Å². The molecule has 0 saturated heterocycles. The predicted octanol–water partition coefficient (Wildman–Crippen LogP) is 2.21. The quantitative estimate of drug-likeness (QED) is 0.749. The number of aromatic nitrogens is 2. The summed E-state index contributed by atoms with van der Waals surface area (Å²) in [5.41, 5.74) is 0.738. The first-order chi connectivity index (χ1) is 11.0. The van der Waals surface area contributed by atoms with Crippen molar-refractivity contribution in [2.45, 2.75) is 26.4 Å². The summed E-state index contributed by atoms with van der Waals surface area (Å²) in [6.45, 7) is 3.79. The van der Waals surface area contributed by atoms with E-state index in [1.165, 1.54) is 0 Å². The summed E-state index contributed by atoms with van der Waals surface area (Å²) in [4.78, 5) is 16.0. The van der Waals surface area contributed by atoms with Gasteiger partial charge in [-0.25, -0.2) is 4.79 Å². The number of urea groups is 1. The van der Waals surface area contributed by atoms with Crippen LogP contribution in [0.1, 0.15) is 19.7 Å². The van der Waals surface area contributed by atoms with E-state index in [0.717, 1.165) is 5.56 Å². The number of nitrogens with one attached hydrogen (secondary N) is 2. The van der Waals surface area contributed by atoms with Crippen LogP contribution in [-0.4, -0.2) is 33.9 Å². The van der Waals surface area contributed by atoms with Crippen molar-refractivity contribution in [3.63, 3.8) is 0 Å². The number of halogens is 1. The summed E-state index contributed by atoms with van der Waals surface area (Å²) in [6.07, 6.45) is 0. The van der Waals surface area contributed by atoms with Gasteiger partial charge in [0.25, 0.3) is 0 Å². The molecule has 0 fully saturated rings. The van der Waals surface area contributed by atoms with Crippen LogP contribution >= 0.6 is 11.6 Å². The molecule has 1 heterocycles. The lowest BCUT2D eigenvalue weighted by Crippen LogP contribution is -2.44. The van der Waals surface area contributed by atoms with E-state index in [1.54, 1.807) is 18.2 Å². The van der Waals surface area contributed by atoms with E-state index < -0.39 is 0 Å². The molecule has 2 unspecified atom stereocenters. The van der Waals surface area contributed by atoms with E-state index in [0.29, 0.717) is 10.8 Å². The Balaban J connectivity index is 1.89. The molecular formula is C15H19ClN4O3. The van der Waals surface area contributed by atoms with Crippen molar-refractivity contribution in [1.82, 2.24) is 20.8 Å². The van der Waals surface area contributed by atoms with Crippen LogP contribution in [0.3, 0.4) is 0 Å². The molecule has 0 saturated carbocycles. The number of amides is 2. The molecular weight excluding hydrogens is 320 g/mol. The second-order valence-corrected chi connectivity index (χ2v) is 5.73. The fourth-order valence-electron chi connectivity index (χ4n) is 1.79. The van der Waals surface area contributed by atoms with Crippen LogP contribution in [0.5, 0.6) is 0 Å². The smallest absolute Gasteiger partial charge is 0.315 e. The molecule has 7 nitrogen and oxygen atoms in total. The van der Waals surface area contributed by atoms with Crippen LogP contribution in [0.2, 0.25) is 5.02 Å². The standard InChI is InChI=1S/C15H19ClN4O3/c1-9(8-21)10(2)18-15(22)17-7-13-19-14(20-23-13)11-4-3-5-12(16)6-11/h3-6,9-10,21H,7-8H2,1-2H3,(H2,17,18,22). The molecule has 2 amide bonds. The zero-order valence-corrected chi connectivity index (χ0v) is 13.7. The Morgan fingerprint density at radius 3 is 2.91 bits per heavy atom. The Morgan fingerprint density at radius 2 is 2.22 bits per heavy atom. The van der Waals surface area contributed by atoms with E-state index in [4.69, 9.17) is 21.2 Å². The highest BCUT2D eigenvalue weighted by atomic mass is 35.5. The van der Waals surface area contributed by atoms with Crippen molar-refractivity contribution >= 4 is 17.6 Å². The predicted molar refractivity (Wildman–Crippen MR) is 85.8 cm³/mol. The topological polar surface area (TPSA) is 100 Å². The zero-order valence-electron chi connectivity index (χ0n) is 12.9. The Bertz CT molecular complexity index is 662. The highest BCUT2D eigenvalue weighted by Gasteiger charge is 2.15. The van der Waals surface area contributed by atoms with Gasteiger partial charge in [-0.2, -0.15) is 4.98 Å². The van der Waals surface area contributed by atoms with E-state index >= 15 is 0 Å². The van der Waals surface area contributed by atoms with Gasteiger partial charge in [0.1, 0.15) is 0 Å². The van der Waals surface area contributed by atoms with Crippen molar-refractivity contribution in [2.75, 3.05) is 6.61 Å². The maximum absolute atomic E-state index is 11.8. The Morgan fingerprint density at radius 1 is 1.43 bits per heavy atom. The van der Waals surface area contributed by atoms with Crippen molar-refractivity contribution < 1.29 is 14.4 Å². The fourth-order valence-corrected chi connectivity index (χ4v) is 1.98. The summed E-state index contributed by atoms with van der Waals surface area (Å²) in [5, 5.41) is 18.8. The van der Waals surface area contributed by atoms with Crippen LogP contribution < -0.4 is 10.6 Å². The van der Waals surface area contributed by atoms with E-state index in [9.17, 15) is 4.79 Å². The number of benzene rings is 1. The molecule has 0 bridgehead atoms. The molecule has 0 radical (unpaired) electrons. The normalized spacial score (nSPS) is 13.4. The first-order valence-electron chi connectivity index (χ1n) is 7.23. The molecule has 0 aliphatic heterocycles. The summed E-state index contributed by atoms with van der Waals surface area (Å²) in [5.74, 6) is 0.670. The van der Waals surface area contributed by atoms with Gasteiger partial charge in [0.05, 0.1) is 6.54 Å². The maximum Gasteiger partial charge on any atom is 0.315 e. The third-order valence-electron chi connectivity index (χ3n) is 3.45. The fraction of sp³-hybridized carbons (Fsp3) is 0.400. The van der Waals surface area contributed by atoms with Gasteiger partial charge in [0, 0.05) is 23.2 Å². The van der Waals surface area contributed by atoms with Crippen LogP contribution in [0.25, 0.3) is 11.4 Å². The molecule has 8 heteroatoms. The first-order valence-corrected chi connectivity index (χ1v) is 7.61.